The maximum atomic E-state index is 5.22. The van der Waals surface area contributed by atoms with Crippen molar-refractivity contribution in [1.82, 2.24) is 5.32 Å². The van der Waals surface area contributed by atoms with Gasteiger partial charge in [-0.05, 0) is 35.6 Å². The molecule has 0 amide bonds. The number of ether oxygens (including phenoxy) is 1. The molecule has 1 N–H and O–H groups in total. The summed E-state index contributed by atoms with van der Waals surface area (Å²) in [7, 11) is 1.72. The van der Waals surface area contributed by atoms with Gasteiger partial charge >= 0.3 is 0 Å². The van der Waals surface area contributed by atoms with Gasteiger partial charge in [-0.2, -0.15) is 0 Å². The Balaban J connectivity index is 2.35. The van der Waals surface area contributed by atoms with Crippen molar-refractivity contribution in [3.05, 3.63) is 29.3 Å². The maximum Gasteiger partial charge on any atom is 0.119 e. The molecule has 0 aliphatic carbocycles. The lowest BCUT2D eigenvalue weighted by Gasteiger charge is -2.25. The molecule has 1 aromatic carbocycles. The number of hydrogen-bond donors (Lipinski definition) is 1. The van der Waals surface area contributed by atoms with Gasteiger partial charge in [0.05, 0.1) is 7.11 Å². The summed E-state index contributed by atoms with van der Waals surface area (Å²) in [6.45, 7) is 4.32. The molecule has 1 aliphatic rings. The van der Waals surface area contributed by atoms with Gasteiger partial charge in [0, 0.05) is 13.1 Å². The van der Waals surface area contributed by atoms with Gasteiger partial charge in [0.25, 0.3) is 0 Å². The number of methoxy groups -OCH3 is 1. The van der Waals surface area contributed by atoms with E-state index in [2.05, 4.69) is 30.4 Å². The minimum absolute atomic E-state index is 0.671. The molecule has 0 fully saturated rings. The Kier molecular flexibility index (Phi) is 2.73. The van der Waals surface area contributed by atoms with Crippen molar-refractivity contribution in [2.24, 2.45) is 0 Å². The average molecular weight is 191 g/mol. The zero-order chi connectivity index (χ0) is 9.97. The lowest BCUT2D eigenvalue weighted by atomic mass is 9.89. The highest BCUT2D eigenvalue weighted by molar-refractivity contribution is 5.39. The van der Waals surface area contributed by atoms with Crippen LogP contribution in [0.4, 0.5) is 0 Å². The van der Waals surface area contributed by atoms with E-state index in [4.69, 9.17) is 4.74 Å². The number of fused-ring (bicyclic) bond motifs is 1. The summed E-state index contributed by atoms with van der Waals surface area (Å²) in [5, 5.41) is 3.44. The topological polar surface area (TPSA) is 21.3 Å². The van der Waals surface area contributed by atoms with Crippen molar-refractivity contribution in [3.63, 3.8) is 0 Å². The van der Waals surface area contributed by atoms with Gasteiger partial charge in [0.1, 0.15) is 5.75 Å². The van der Waals surface area contributed by atoms with Crippen molar-refractivity contribution in [1.29, 1.82) is 0 Å². The molecule has 0 saturated heterocycles. The Morgan fingerprint density at radius 3 is 3.07 bits per heavy atom. The van der Waals surface area contributed by atoms with Crippen molar-refractivity contribution in [2.75, 3.05) is 13.7 Å². The van der Waals surface area contributed by atoms with E-state index in [0.29, 0.717) is 5.92 Å². The van der Waals surface area contributed by atoms with Crippen LogP contribution in [0, 0.1) is 0 Å². The maximum absolute atomic E-state index is 5.22. The summed E-state index contributed by atoms with van der Waals surface area (Å²) >= 11 is 0. The Hall–Kier alpha value is -1.02. The minimum Gasteiger partial charge on any atom is -0.497 e. The number of benzene rings is 1. The first-order valence-corrected chi connectivity index (χ1v) is 5.22. The molecule has 2 rings (SSSR count). The summed E-state index contributed by atoms with van der Waals surface area (Å²) in [5.74, 6) is 1.63. The Morgan fingerprint density at radius 2 is 2.36 bits per heavy atom. The van der Waals surface area contributed by atoms with Crippen LogP contribution in [-0.4, -0.2) is 13.7 Å². The van der Waals surface area contributed by atoms with Crippen LogP contribution in [0.3, 0.4) is 0 Å². The first-order valence-electron chi connectivity index (χ1n) is 5.22. The molecule has 0 saturated carbocycles. The van der Waals surface area contributed by atoms with E-state index in [1.807, 2.05) is 0 Å². The summed E-state index contributed by atoms with van der Waals surface area (Å²) in [4.78, 5) is 0. The molecule has 0 radical (unpaired) electrons. The molecule has 0 aromatic heterocycles. The smallest absolute Gasteiger partial charge is 0.119 e. The minimum atomic E-state index is 0.671. The van der Waals surface area contributed by atoms with Gasteiger partial charge in [-0.1, -0.05) is 13.0 Å². The number of nitrogens with one attached hydrogen (secondary N) is 1. The molecular weight excluding hydrogens is 174 g/mol. The second-order valence-corrected chi connectivity index (χ2v) is 3.80. The Bertz CT molecular complexity index is 322. The van der Waals surface area contributed by atoms with Crippen LogP contribution >= 0.6 is 0 Å². The van der Waals surface area contributed by atoms with Crippen LogP contribution in [0.25, 0.3) is 0 Å². The molecule has 0 spiro atoms. The van der Waals surface area contributed by atoms with Crippen molar-refractivity contribution >= 4 is 0 Å². The first kappa shape index (κ1) is 9.53. The first-order chi connectivity index (χ1) is 6.85. The van der Waals surface area contributed by atoms with Crippen LogP contribution in [0.15, 0.2) is 18.2 Å². The molecule has 0 bridgehead atoms. The third kappa shape index (κ3) is 1.62. The quantitative estimate of drug-likeness (QED) is 0.774. The summed E-state index contributed by atoms with van der Waals surface area (Å²) in [6, 6.07) is 6.42. The number of hydrogen-bond acceptors (Lipinski definition) is 2. The fourth-order valence-electron chi connectivity index (χ4n) is 2.12. The van der Waals surface area contributed by atoms with E-state index >= 15 is 0 Å². The highest BCUT2D eigenvalue weighted by Gasteiger charge is 2.18. The highest BCUT2D eigenvalue weighted by Crippen LogP contribution is 2.29. The lowest BCUT2D eigenvalue weighted by molar-refractivity contribution is 0.412. The predicted octanol–water partition coefficient (Wildman–Crippen LogP) is 2.29. The Morgan fingerprint density at radius 1 is 1.50 bits per heavy atom. The van der Waals surface area contributed by atoms with Crippen molar-refractivity contribution in [2.45, 2.75) is 25.8 Å². The van der Waals surface area contributed by atoms with E-state index in [0.717, 1.165) is 18.8 Å². The average Bonchev–Trinajstić information content (AvgIpc) is 2.27. The van der Waals surface area contributed by atoms with Gasteiger partial charge in [-0.3, -0.25) is 0 Å². The fourth-order valence-corrected chi connectivity index (χ4v) is 2.12. The third-order valence-corrected chi connectivity index (χ3v) is 2.99. The van der Waals surface area contributed by atoms with Crippen molar-refractivity contribution < 1.29 is 4.74 Å². The molecule has 2 heteroatoms. The van der Waals surface area contributed by atoms with E-state index in [-0.39, 0.29) is 0 Å². The van der Waals surface area contributed by atoms with Crippen LogP contribution in [-0.2, 0) is 6.54 Å². The van der Waals surface area contributed by atoms with Crippen LogP contribution in [0.2, 0.25) is 0 Å². The standard InChI is InChI=1S/C12H17NO/c1-3-9-7-13-8-10-6-11(14-2)4-5-12(9)10/h4-6,9,13H,3,7-8H2,1-2H3. The SMILES string of the molecule is CCC1CNCc2cc(OC)ccc21. The van der Waals surface area contributed by atoms with Gasteiger partial charge in [-0.15, -0.1) is 0 Å². The van der Waals surface area contributed by atoms with Crippen LogP contribution < -0.4 is 10.1 Å². The van der Waals surface area contributed by atoms with E-state index in [1.54, 1.807) is 7.11 Å². The van der Waals surface area contributed by atoms with Gasteiger partial charge in [-0.25, -0.2) is 0 Å². The highest BCUT2D eigenvalue weighted by atomic mass is 16.5. The molecular formula is C12H17NO. The van der Waals surface area contributed by atoms with E-state index in [9.17, 15) is 0 Å². The summed E-state index contributed by atoms with van der Waals surface area (Å²) in [5.41, 5.74) is 2.88. The molecule has 1 aromatic rings. The summed E-state index contributed by atoms with van der Waals surface area (Å²) < 4.78 is 5.22. The van der Waals surface area contributed by atoms with Gasteiger partial charge in [0.15, 0.2) is 0 Å². The number of rotatable bonds is 2. The molecule has 1 heterocycles. The molecule has 76 valence electrons. The molecule has 1 unspecified atom stereocenters. The van der Waals surface area contributed by atoms with Gasteiger partial charge < -0.3 is 10.1 Å². The van der Waals surface area contributed by atoms with Crippen LogP contribution in [0.1, 0.15) is 30.4 Å². The van der Waals surface area contributed by atoms with Crippen molar-refractivity contribution in [3.8, 4) is 5.75 Å². The second kappa shape index (κ2) is 4.01. The molecule has 1 atom stereocenters. The second-order valence-electron chi connectivity index (χ2n) is 3.80. The lowest BCUT2D eigenvalue weighted by Crippen LogP contribution is -2.27. The predicted molar refractivity (Wildman–Crippen MR) is 57.7 cm³/mol. The normalized spacial score (nSPS) is 20.3. The monoisotopic (exact) mass is 191 g/mol. The fraction of sp³-hybridized carbons (Fsp3) is 0.500. The molecule has 1 aliphatic heterocycles. The summed E-state index contributed by atoms with van der Waals surface area (Å²) in [6.07, 6.45) is 1.20. The largest absolute Gasteiger partial charge is 0.497 e. The van der Waals surface area contributed by atoms with Gasteiger partial charge in [0.2, 0.25) is 0 Å². The zero-order valence-electron chi connectivity index (χ0n) is 8.84. The van der Waals surface area contributed by atoms with E-state index < -0.39 is 0 Å². The molecule has 2 nitrogen and oxygen atoms in total. The third-order valence-electron chi connectivity index (χ3n) is 2.99. The zero-order valence-corrected chi connectivity index (χ0v) is 8.84. The van der Waals surface area contributed by atoms with Crippen LogP contribution in [0.5, 0.6) is 5.75 Å². The Labute approximate surface area is 85.3 Å². The van der Waals surface area contributed by atoms with E-state index in [1.165, 1.54) is 17.5 Å². The molecule has 14 heavy (non-hydrogen) atoms.